The highest BCUT2D eigenvalue weighted by Crippen LogP contribution is 2.38. The third kappa shape index (κ3) is 3.32. The lowest BCUT2D eigenvalue weighted by atomic mass is 10.4. The van der Waals surface area contributed by atoms with Gasteiger partial charge in [-0.05, 0) is 31.9 Å². The van der Waals surface area contributed by atoms with Crippen LogP contribution in [0.2, 0.25) is 5.02 Å². The Hall–Kier alpha value is -0.110. The van der Waals surface area contributed by atoms with Crippen molar-refractivity contribution in [3.8, 4) is 0 Å². The summed E-state index contributed by atoms with van der Waals surface area (Å²) in [5.41, 5.74) is 0. The molecule has 1 amide bonds. The molecule has 1 unspecified atom stereocenters. The zero-order chi connectivity index (χ0) is 14.2. The average molecular weight is 429 g/mol. The summed E-state index contributed by atoms with van der Waals surface area (Å²) in [4.78, 5) is 28.9. The van der Waals surface area contributed by atoms with Crippen molar-refractivity contribution < 1.29 is 9.59 Å². The molecule has 2 heterocycles. The number of hydrogen-bond donors (Lipinski definition) is 0. The molecule has 1 aromatic heterocycles. The van der Waals surface area contributed by atoms with Crippen molar-refractivity contribution in [2.24, 2.45) is 0 Å². The quantitative estimate of drug-likeness (QED) is 0.722. The molecular weight excluding hydrogens is 419 g/mol. The molecule has 1 aromatic rings. The zero-order valence-corrected chi connectivity index (χ0v) is 14.6. The van der Waals surface area contributed by atoms with E-state index in [2.05, 4.69) is 36.8 Å². The van der Waals surface area contributed by atoms with E-state index in [4.69, 9.17) is 11.6 Å². The maximum absolute atomic E-state index is 12.0. The van der Waals surface area contributed by atoms with E-state index in [1.807, 2.05) is 0 Å². The van der Waals surface area contributed by atoms with Gasteiger partial charge in [-0.25, -0.2) is 4.98 Å². The molecule has 102 valence electrons. The van der Waals surface area contributed by atoms with Gasteiger partial charge in [-0.2, -0.15) is 0 Å². The molecule has 1 aliphatic heterocycles. The lowest BCUT2D eigenvalue weighted by Crippen LogP contribution is -2.26. The fourth-order valence-electron chi connectivity index (χ4n) is 1.82. The van der Waals surface area contributed by atoms with E-state index in [1.165, 1.54) is 18.7 Å². The Balaban J connectivity index is 2.26. The van der Waals surface area contributed by atoms with Crippen LogP contribution in [-0.4, -0.2) is 27.8 Å². The summed E-state index contributed by atoms with van der Waals surface area (Å²) in [7, 11) is 0. The zero-order valence-electron chi connectivity index (χ0n) is 9.82. The average Bonchev–Trinajstić information content (AvgIpc) is 2.66. The largest absolute Gasteiger partial charge is 0.295 e. The molecule has 1 fully saturated rings. The fraction of sp³-hybridized carbons (Fsp3) is 0.364. The van der Waals surface area contributed by atoms with Crippen LogP contribution in [-0.2, 0) is 9.59 Å². The van der Waals surface area contributed by atoms with E-state index in [0.29, 0.717) is 32.8 Å². The number of pyridine rings is 1. The Morgan fingerprint density at radius 3 is 2.89 bits per heavy atom. The summed E-state index contributed by atoms with van der Waals surface area (Å²) in [6.07, 6.45) is 1.90. The third-order valence-corrected chi connectivity index (χ3v) is 5.76. The van der Waals surface area contributed by atoms with Gasteiger partial charge in [-0.3, -0.25) is 14.5 Å². The number of halogens is 3. The van der Waals surface area contributed by atoms with Crippen molar-refractivity contribution in [1.82, 2.24) is 4.98 Å². The fourth-order valence-corrected chi connectivity index (χ4v) is 3.96. The second kappa shape index (κ2) is 6.11. The molecular formula is C11H9Br2ClN2O2S. The highest BCUT2D eigenvalue weighted by Gasteiger charge is 2.34. The number of hydrogen-bond acceptors (Lipinski definition) is 4. The molecule has 19 heavy (non-hydrogen) atoms. The van der Waals surface area contributed by atoms with E-state index < -0.39 is 0 Å². The summed E-state index contributed by atoms with van der Waals surface area (Å²) < 4.78 is 1.23. The monoisotopic (exact) mass is 426 g/mol. The summed E-state index contributed by atoms with van der Waals surface area (Å²) in [5, 5.41) is 0.460. The van der Waals surface area contributed by atoms with E-state index in [-0.39, 0.29) is 16.3 Å². The highest BCUT2D eigenvalue weighted by molar-refractivity contribution is 9.11. The van der Waals surface area contributed by atoms with Gasteiger partial charge in [0.25, 0.3) is 0 Å². The van der Waals surface area contributed by atoms with Crippen LogP contribution in [0, 0.1) is 0 Å². The number of anilines is 1. The Morgan fingerprint density at radius 1 is 1.58 bits per heavy atom. The van der Waals surface area contributed by atoms with Crippen LogP contribution in [0.25, 0.3) is 0 Å². The second-order valence-corrected chi connectivity index (χ2v) is 7.50. The van der Waals surface area contributed by atoms with Gasteiger partial charge in [0.1, 0.15) is 0 Å². The Kier molecular flexibility index (Phi) is 4.92. The van der Waals surface area contributed by atoms with Gasteiger partial charge in [-0.15, -0.1) is 0 Å². The van der Waals surface area contributed by atoms with Crippen molar-refractivity contribution in [2.75, 3.05) is 11.4 Å². The van der Waals surface area contributed by atoms with Crippen LogP contribution in [0.1, 0.15) is 13.3 Å². The molecule has 0 spiro atoms. The molecule has 1 atom stereocenters. The van der Waals surface area contributed by atoms with Crippen LogP contribution in [0.5, 0.6) is 0 Å². The van der Waals surface area contributed by atoms with E-state index in [1.54, 1.807) is 11.1 Å². The van der Waals surface area contributed by atoms with Crippen molar-refractivity contribution in [3.63, 3.8) is 0 Å². The Morgan fingerprint density at radius 2 is 2.26 bits per heavy atom. The van der Waals surface area contributed by atoms with Crippen LogP contribution in [0.3, 0.4) is 0 Å². The van der Waals surface area contributed by atoms with E-state index >= 15 is 0 Å². The highest BCUT2D eigenvalue weighted by atomic mass is 79.9. The molecule has 1 aliphatic rings. The SMILES string of the molecule is CC(=O)SC1CC(=O)N(c2ncc(Br)c(Cl)c2Br)C1. The van der Waals surface area contributed by atoms with Gasteiger partial charge in [0.05, 0.1) is 14.0 Å². The van der Waals surface area contributed by atoms with Gasteiger partial charge >= 0.3 is 0 Å². The number of nitrogens with zero attached hydrogens (tertiary/aromatic N) is 2. The predicted octanol–water partition coefficient (Wildman–Crippen LogP) is 3.65. The van der Waals surface area contributed by atoms with Crippen LogP contribution < -0.4 is 4.90 Å². The first kappa shape index (κ1) is 15.3. The molecule has 1 saturated heterocycles. The Bertz CT molecular complexity index is 556. The summed E-state index contributed by atoms with van der Waals surface area (Å²) in [6.45, 7) is 1.97. The number of aromatic nitrogens is 1. The molecule has 0 aliphatic carbocycles. The number of carbonyl (C=O) groups excluding carboxylic acids is 2. The lowest BCUT2D eigenvalue weighted by Gasteiger charge is -2.17. The molecule has 2 rings (SSSR count). The van der Waals surface area contributed by atoms with E-state index in [9.17, 15) is 9.59 Å². The number of rotatable bonds is 2. The normalized spacial score (nSPS) is 19.1. The van der Waals surface area contributed by atoms with Gasteiger partial charge < -0.3 is 0 Å². The molecule has 4 nitrogen and oxygen atoms in total. The second-order valence-electron chi connectivity index (χ2n) is 4.00. The predicted molar refractivity (Wildman–Crippen MR) is 83.7 cm³/mol. The molecule has 0 aromatic carbocycles. The minimum Gasteiger partial charge on any atom is -0.295 e. The first-order valence-electron chi connectivity index (χ1n) is 5.37. The minimum absolute atomic E-state index is 0.0144. The van der Waals surface area contributed by atoms with Crippen molar-refractivity contribution in [3.05, 3.63) is 20.2 Å². The number of carbonyl (C=O) groups is 2. The summed E-state index contributed by atoms with van der Waals surface area (Å²) >= 11 is 13.9. The van der Waals surface area contributed by atoms with Crippen molar-refractivity contribution >= 4 is 72.1 Å². The number of amides is 1. The lowest BCUT2D eigenvalue weighted by molar-refractivity contribution is -0.117. The van der Waals surface area contributed by atoms with Gasteiger partial charge in [0.15, 0.2) is 10.9 Å². The van der Waals surface area contributed by atoms with Gasteiger partial charge in [0.2, 0.25) is 5.91 Å². The summed E-state index contributed by atoms with van der Waals surface area (Å²) in [6, 6.07) is 0. The smallest absolute Gasteiger partial charge is 0.229 e. The molecule has 8 heteroatoms. The maximum atomic E-state index is 12.0. The first-order valence-corrected chi connectivity index (χ1v) is 8.21. The third-order valence-electron chi connectivity index (χ3n) is 2.58. The van der Waals surface area contributed by atoms with Crippen LogP contribution in [0.4, 0.5) is 5.82 Å². The minimum atomic E-state index is -0.0506. The molecule has 0 N–H and O–H groups in total. The molecule has 0 bridgehead atoms. The van der Waals surface area contributed by atoms with Crippen LogP contribution >= 0.6 is 55.2 Å². The maximum Gasteiger partial charge on any atom is 0.229 e. The summed E-state index contributed by atoms with van der Waals surface area (Å²) in [5.74, 6) is 0.440. The van der Waals surface area contributed by atoms with Gasteiger partial charge in [0, 0.05) is 31.3 Å². The van der Waals surface area contributed by atoms with Gasteiger partial charge in [-0.1, -0.05) is 23.4 Å². The topological polar surface area (TPSA) is 50.3 Å². The first-order chi connectivity index (χ1) is 8.90. The van der Waals surface area contributed by atoms with E-state index in [0.717, 1.165) is 0 Å². The Labute approximate surface area is 136 Å². The standard InChI is InChI=1S/C11H9Br2ClN2O2S/c1-5(17)19-6-2-8(18)16(4-6)11-9(13)10(14)7(12)3-15-11/h3,6H,2,4H2,1H3. The van der Waals surface area contributed by atoms with Crippen molar-refractivity contribution in [2.45, 2.75) is 18.6 Å². The van der Waals surface area contributed by atoms with Crippen LogP contribution in [0.15, 0.2) is 15.1 Å². The molecule has 0 saturated carbocycles. The molecule has 0 radical (unpaired) electrons. The number of thioether (sulfide) groups is 1. The van der Waals surface area contributed by atoms with Crippen molar-refractivity contribution in [1.29, 1.82) is 0 Å².